The van der Waals surface area contributed by atoms with Crippen LogP contribution < -0.4 is 15.5 Å². The second-order valence-electron chi connectivity index (χ2n) is 8.97. The molecule has 2 aliphatic rings. The summed E-state index contributed by atoms with van der Waals surface area (Å²) in [5, 5.41) is 3.87. The highest BCUT2D eigenvalue weighted by atomic mass is 19.4. The van der Waals surface area contributed by atoms with Crippen LogP contribution in [0.25, 0.3) is 11.1 Å². The molecule has 1 heterocycles. The van der Waals surface area contributed by atoms with Gasteiger partial charge in [0.2, 0.25) is 6.10 Å². The standard InChI is InChI=1S/C25H24F5N3O4/c1-37-20(21(34)31-13-24(26,27)25(28,29)30)22(35)32-19-17-8-3-2-6-15(17)16-7-4-5-9-18(16)33(23(19)36)12-14-10-11-14/h2-9,14,19-20H,10-13H2,1H3,(H,31,34)(H,32,35)/t19-,20?/m0/s1. The van der Waals surface area contributed by atoms with Crippen molar-refractivity contribution in [3.63, 3.8) is 0 Å². The molecular formula is C25H24F5N3O4. The molecule has 1 unspecified atom stereocenters. The van der Waals surface area contributed by atoms with Crippen LogP contribution in [0, 0.1) is 5.92 Å². The topological polar surface area (TPSA) is 87.7 Å². The van der Waals surface area contributed by atoms with Gasteiger partial charge in [-0.15, -0.1) is 0 Å². The highest BCUT2D eigenvalue weighted by Crippen LogP contribution is 2.42. The van der Waals surface area contributed by atoms with Crippen molar-refractivity contribution in [3.8, 4) is 11.1 Å². The van der Waals surface area contributed by atoms with Crippen LogP contribution in [0.1, 0.15) is 24.4 Å². The Hall–Kier alpha value is -3.54. The van der Waals surface area contributed by atoms with E-state index >= 15 is 0 Å². The smallest absolute Gasteiger partial charge is 0.362 e. The van der Waals surface area contributed by atoms with Gasteiger partial charge in [-0.25, -0.2) is 0 Å². The van der Waals surface area contributed by atoms with E-state index in [4.69, 9.17) is 4.74 Å². The minimum atomic E-state index is -5.89. The number of rotatable bonds is 8. The lowest BCUT2D eigenvalue weighted by Gasteiger charge is -2.27. The lowest BCUT2D eigenvalue weighted by atomic mass is 9.95. The van der Waals surface area contributed by atoms with Gasteiger partial charge in [0.25, 0.3) is 17.7 Å². The maximum Gasteiger partial charge on any atom is 0.455 e. The van der Waals surface area contributed by atoms with Gasteiger partial charge in [-0.05, 0) is 36.0 Å². The van der Waals surface area contributed by atoms with Crippen molar-refractivity contribution in [2.45, 2.75) is 37.1 Å². The summed E-state index contributed by atoms with van der Waals surface area (Å²) in [5.41, 5.74) is 2.52. The third kappa shape index (κ3) is 5.43. The molecule has 3 amide bonds. The van der Waals surface area contributed by atoms with Gasteiger partial charge in [-0.1, -0.05) is 42.5 Å². The summed E-state index contributed by atoms with van der Waals surface area (Å²) in [4.78, 5) is 40.7. The first-order valence-electron chi connectivity index (χ1n) is 11.5. The Balaban J connectivity index is 1.61. The monoisotopic (exact) mass is 525 g/mol. The Labute approximate surface area is 209 Å². The zero-order valence-electron chi connectivity index (χ0n) is 19.6. The molecule has 2 atom stereocenters. The number of para-hydroxylation sites is 1. The normalized spacial score (nSPS) is 18.4. The van der Waals surface area contributed by atoms with E-state index in [9.17, 15) is 36.3 Å². The summed E-state index contributed by atoms with van der Waals surface area (Å²) in [6, 6.07) is 12.8. The number of hydrogen-bond donors (Lipinski definition) is 2. The Bertz CT molecular complexity index is 1200. The van der Waals surface area contributed by atoms with Gasteiger partial charge in [-0.3, -0.25) is 14.4 Å². The van der Waals surface area contributed by atoms with Crippen LogP contribution in [0.15, 0.2) is 48.5 Å². The maximum atomic E-state index is 13.8. The number of amides is 3. The highest BCUT2D eigenvalue weighted by molar-refractivity contribution is 6.09. The number of methoxy groups -OCH3 is 1. The first-order valence-corrected chi connectivity index (χ1v) is 11.5. The zero-order chi connectivity index (χ0) is 27.0. The van der Waals surface area contributed by atoms with Crippen LogP contribution >= 0.6 is 0 Å². The lowest BCUT2D eigenvalue weighted by molar-refractivity contribution is -0.278. The second-order valence-corrected chi connectivity index (χ2v) is 8.97. The van der Waals surface area contributed by atoms with E-state index in [1.54, 1.807) is 41.3 Å². The predicted molar refractivity (Wildman–Crippen MR) is 123 cm³/mol. The van der Waals surface area contributed by atoms with E-state index in [2.05, 4.69) is 5.32 Å². The Morgan fingerprint density at radius 3 is 2.24 bits per heavy atom. The number of carbonyl (C=O) groups excluding carboxylic acids is 3. The summed E-state index contributed by atoms with van der Waals surface area (Å²) >= 11 is 0. The van der Waals surface area contributed by atoms with Gasteiger partial charge in [0, 0.05) is 19.2 Å². The molecule has 2 N–H and O–H groups in total. The van der Waals surface area contributed by atoms with Crippen LogP contribution in [0.5, 0.6) is 0 Å². The molecule has 37 heavy (non-hydrogen) atoms. The fourth-order valence-electron chi connectivity index (χ4n) is 4.17. The van der Waals surface area contributed by atoms with Crippen LogP contribution in [-0.4, -0.2) is 56.1 Å². The molecule has 0 saturated heterocycles. The largest absolute Gasteiger partial charge is 0.455 e. The third-order valence-electron chi connectivity index (χ3n) is 6.31. The minimum Gasteiger partial charge on any atom is -0.362 e. The molecule has 0 radical (unpaired) electrons. The van der Waals surface area contributed by atoms with Crippen LogP contribution in [-0.2, 0) is 19.1 Å². The number of halogens is 5. The Morgan fingerprint density at radius 1 is 1.00 bits per heavy atom. The van der Waals surface area contributed by atoms with Crippen LogP contribution in [0.3, 0.4) is 0 Å². The number of hydrogen-bond acceptors (Lipinski definition) is 4. The van der Waals surface area contributed by atoms with E-state index in [0.717, 1.165) is 25.5 Å². The molecule has 1 fully saturated rings. The van der Waals surface area contributed by atoms with E-state index in [1.807, 2.05) is 12.1 Å². The van der Waals surface area contributed by atoms with Gasteiger partial charge >= 0.3 is 12.1 Å². The fraction of sp³-hybridized carbons (Fsp3) is 0.400. The molecule has 4 rings (SSSR count). The summed E-state index contributed by atoms with van der Waals surface area (Å²) in [5.74, 6) is -8.06. The van der Waals surface area contributed by atoms with Crippen molar-refractivity contribution >= 4 is 23.4 Å². The predicted octanol–water partition coefficient (Wildman–Crippen LogP) is 3.60. The third-order valence-corrected chi connectivity index (χ3v) is 6.31. The van der Waals surface area contributed by atoms with E-state index in [1.165, 1.54) is 5.32 Å². The van der Waals surface area contributed by atoms with Crippen molar-refractivity contribution in [1.29, 1.82) is 0 Å². The Morgan fingerprint density at radius 2 is 1.62 bits per heavy atom. The summed E-state index contributed by atoms with van der Waals surface area (Å²) in [6.07, 6.45) is -6.07. The average Bonchev–Trinajstić information content (AvgIpc) is 3.69. The zero-order valence-corrected chi connectivity index (χ0v) is 19.6. The number of nitrogens with zero attached hydrogens (tertiary/aromatic N) is 1. The van der Waals surface area contributed by atoms with Crippen molar-refractivity contribution in [3.05, 3.63) is 54.1 Å². The number of ether oxygens (including phenoxy) is 1. The van der Waals surface area contributed by atoms with Crippen molar-refractivity contribution in [2.24, 2.45) is 5.92 Å². The van der Waals surface area contributed by atoms with Crippen LogP contribution in [0.2, 0.25) is 0 Å². The fourth-order valence-corrected chi connectivity index (χ4v) is 4.17. The van der Waals surface area contributed by atoms with Gasteiger partial charge < -0.3 is 20.3 Å². The number of fused-ring (bicyclic) bond motifs is 3. The number of anilines is 1. The quantitative estimate of drug-likeness (QED) is 0.408. The molecule has 0 spiro atoms. The minimum absolute atomic E-state index is 0.294. The second kappa shape index (κ2) is 10.1. The molecule has 12 heteroatoms. The molecule has 7 nitrogen and oxygen atoms in total. The molecule has 2 aromatic carbocycles. The molecule has 1 aliphatic carbocycles. The Kier molecular flexibility index (Phi) is 7.22. The number of alkyl halides is 5. The average molecular weight is 525 g/mol. The van der Waals surface area contributed by atoms with Crippen LogP contribution in [0.4, 0.5) is 27.6 Å². The van der Waals surface area contributed by atoms with Crippen molar-refractivity contribution in [1.82, 2.24) is 10.6 Å². The number of carbonyl (C=O) groups is 3. The molecular weight excluding hydrogens is 501 g/mol. The lowest BCUT2D eigenvalue weighted by Crippen LogP contribution is -2.53. The summed E-state index contributed by atoms with van der Waals surface area (Å²) in [7, 11) is 0.920. The van der Waals surface area contributed by atoms with Gasteiger partial charge in [0.1, 0.15) is 6.04 Å². The first-order chi connectivity index (χ1) is 17.4. The van der Waals surface area contributed by atoms with Gasteiger partial charge in [0.15, 0.2) is 0 Å². The summed E-state index contributed by atoms with van der Waals surface area (Å²) in [6.45, 7) is -1.66. The SMILES string of the molecule is COC(C(=O)NCC(F)(F)C(F)(F)F)C(=O)N[C@@H]1C(=O)N(CC2CC2)c2ccccc2-c2ccccc21. The molecule has 198 valence electrons. The molecule has 2 aromatic rings. The van der Waals surface area contributed by atoms with Gasteiger partial charge in [-0.2, -0.15) is 22.0 Å². The van der Waals surface area contributed by atoms with Crippen molar-refractivity contribution in [2.75, 3.05) is 25.1 Å². The number of benzene rings is 2. The highest BCUT2D eigenvalue weighted by Gasteiger charge is 2.57. The summed E-state index contributed by atoms with van der Waals surface area (Å²) < 4.78 is 68.6. The first kappa shape index (κ1) is 26.5. The van der Waals surface area contributed by atoms with Gasteiger partial charge in [0.05, 0.1) is 12.2 Å². The molecule has 0 aromatic heterocycles. The maximum absolute atomic E-state index is 13.8. The van der Waals surface area contributed by atoms with E-state index in [0.29, 0.717) is 29.3 Å². The van der Waals surface area contributed by atoms with E-state index < -0.39 is 48.5 Å². The van der Waals surface area contributed by atoms with Crippen molar-refractivity contribution < 1.29 is 41.1 Å². The molecule has 0 bridgehead atoms. The van der Waals surface area contributed by atoms with E-state index in [-0.39, 0.29) is 0 Å². The number of nitrogens with one attached hydrogen (secondary N) is 2. The molecule has 1 aliphatic heterocycles. The molecule has 1 saturated carbocycles.